The molecule has 1 aliphatic carbocycles. The van der Waals surface area contributed by atoms with Gasteiger partial charge in [0.05, 0.1) is 11.4 Å². The summed E-state index contributed by atoms with van der Waals surface area (Å²) >= 11 is 0. The normalized spacial score (nSPS) is 16.9. The van der Waals surface area contributed by atoms with E-state index in [-0.39, 0.29) is 37.1 Å². The fourth-order valence-electron chi connectivity index (χ4n) is 3.82. The van der Waals surface area contributed by atoms with E-state index in [1.165, 1.54) is 37.0 Å². The molecule has 0 unspecified atom stereocenters. The third-order valence-electron chi connectivity index (χ3n) is 5.22. The highest BCUT2D eigenvalue weighted by molar-refractivity contribution is 6.10. The Bertz CT molecular complexity index is 668. The van der Waals surface area contributed by atoms with E-state index >= 15 is 0 Å². The molecule has 6 heteroatoms. The Morgan fingerprint density at radius 3 is 2.73 bits per heavy atom. The number of fused-ring (bicyclic) bond motifs is 1. The second kappa shape index (κ2) is 8.83. The minimum atomic E-state index is -0.214. The summed E-state index contributed by atoms with van der Waals surface area (Å²) in [6, 6.07) is 7.21. The van der Waals surface area contributed by atoms with Gasteiger partial charge in [-0.05, 0) is 30.9 Å². The van der Waals surface area contributed by atoms with Gasteiger partial charge in [0.25, 0.3) is 0 Å². The molecular formula is C20H27N3O3. The number of anilines is 2. The van der Waals surface area contributed by atoms with Crippen LogP contribution in [-0.4, -0.2) is 30.8 Å². The first-order chi connectivity index (χ1) is 12.6. The van der Waals surface area contributed by atoms with Crippen LogP contribution < -0.4 is 15.5 Å². The number of hydrogen-bond donors (Lipinski definition) is 2. The zero-order valence-electron chi connectivity index (χ0n) is 15.1. The Morgan fingerprint density at radius 2 is 1.92 bits per heavy atom. The molecule has 2 aliphatic rings. The molecule has 2 N–H and O–H groups in total. The standard InChI is InChI=1S/C20H27N3O3/c24-18(21-13-5-8-15-6-1-2-7-15)11-12-20(26)23-14-19(25)22-16-9-3-4-10-17(16)23/h3-4,9-10,15H,1-2,5-8,11-14H2,(H,21,24)(H,22,25). The second-order valence-electron chi connectivity index (χ2n) is 7.19. The lowest BCUT2D eigenvalue weighted by atomic mass is 10.0. The number of para-hydroxylation sites is 2. The Balaban J connectivity index is 1.40. The van der Waals surface area contributed by atoms with Crippen LogP contribution in [0.1, 0.15) is 51.4 Å². The molecule has 3 amide bonds. The van der Waals surface area contributed by atoms with E-state index in [0.717, 1.165) is 12.3 Å². The van der Waals surface area contributed by atoms with Gasteiger partial charge in [0.1, 0.15) is 6.54 Å². The number of rotatable bonds is 7. The summed E-state index contributed by atoms with van der Waals surface area (Å²) in [5.41, 5.74) is 1.32. The van der Waals surface area contributed by atoms with Gasteiger partial charge in [-0.1, -0.05) is 37.8 Å². The van der Waals surface area contributed by atoms with E-state index in [9.17, 15) is 14.4 Å². The SMILES string of the molecule is O=C(CCC(=O)N1CC(=O)Nc2ccccc21)NCCCC1CCCC1. The number of amides is 3. The van der Waals surface area contributed by atoms with Crippen molar-refractivity contribution in [2.24, 2.45) is 5.92 Å². The molecule has 1 aliphatic heterocycles. The summed E-state index contributed by atoms with van der Waals surface area (Å²) < 4.78 is 0. The van der Waals surface area contributed by atoms with Gasteiger partial charge in [-0.25, -0.2) is 0 Å². The van der Waals surface area contributed by atoms with E-state index in [4.69, 9.17) is 0 Å². The van der Waals surface area contributed by atoms with Crippen molar-refractivity contribution >= 4 is 29.1 Å². The molecule has 0 aromatic heterocycles. The molecule has 0 saturated heterocycles. The molecule has 1 aromatic rings. The predicted molar refractivity (Wildman–Crippen MR) is 101 cm³/mol. The minimum absolute atomic E-state index is 0.00114. The highest BCUT2D eigenvalue weighted by Gasteiger charge is 2.26. The largest absolute Gasteiger partial charge is 0.356 e. The minimum Gasteiger partial charge on any atom is -0.356 e. The van der Waals surface area contributed by atoms with Gasteiger partial charge in [-0.15, -0.1) is 0 Å². The van der Waals surface area contributed by atoms with Crippen molar-refractivity contribution in [3.05, 3.63) is 24.3 Å². The van der Waals surface area contributed by atoms with Crippen LogP contribution in [0, 0.1) is 5.92 Å². The van der Waals surface area contributed by atoms with Crippen LogP contribution in [0.3, 0.4) is 0 Å². The van der Waals surface area contributed by atoms with Gasteiger partial charge in [-0.3, -0.25) is 14.4 Å². The Morgan fingerprint density at radius 1 is 1.15 bits per heavy atom. The van der Waals surface area contributed by atoms with Crippen LogP contribution >= 0.6 is 0 Å². The average molecular weight is 357 g/mol. The van der Waals surface area contributed by atoms with E-state index in [2.05, 4.69) is 10.6 Å². The number of benzene rings is 1. The Labute approximate surface area is 154 Å². The molecule has 0 atom stereocenters. The van der Waals surface area contributed by atoms with Crippen molar-refractivity contribution in [2.75, 3.05) is 23.3 Å². The molecular weight excluding hydrogens is 330 g/mol. The summed E-state index contributed by atoms with van der Waals surface area (Å²) in [5.74, 6) is 0.320. The monoisotopic (exact) mass is 357 g/mol. The van der Waals surface area contributed by atoms with Gasteiger partial charge in [0.2, 0.25) is 17.7 Å². The fraction of sp³-hybridized carbons (Fsp3) is 0.550. The molecule has 3 rings (SSSR count). The van der Waals surface area contributed by atoms with Crippen molar-refractivity contribution in [1.29, 1.82) is 0 Å². The van der Waals surface area contributed by atoms with E-state index in [0.29, 0.717) is 17.9 Å². The quantitative estimate of drug-likeness (QED) is 0.737. The summed E-state index contributed by atoms with van der Waals surface area (Å²) in [6.45, 7) is 0.678. The van der Waals surface area contributed by atoms with Gasteiger partial charge >= 0.3 is 0 Å². The molecule has 1 aromatic carbocycles. The third kappa shape index (κ3) is 4.84. The maximum absolute atomic E-state index is 12.5. The number of hydrogen-bond acceptors (Lipinski definition) is 3. The lowest BCUT2D eigenvalue weighted by Gasteiger charge is -2.29. The third-order valence-corrected chi connectivity index (χ3v) is 5.22. The van der Waals surface area contributed by atoms with Crippen LogP contribution in [0.5, 0.6) is 0 Å². The topological polar surface area (TPSA) is 78.5 Å². The first-order valence-corrected chi connectivity index (χ1v) is 9.59. The maximum atomic E-state index is 12.5. The molecule has 0 spiro atoms. The molecule has 26 heavy (non-hydrogen) atoms. The summed E-state index contributed by atoms with van der Waals surface area (Å²) in [6.07, 6.45) is 7.79. The lowest BCUT2D eigenvalue weighted by molar-refractivity contribution is -0.125. The lowest BCUT2D eigenvalue weighted by Crippen LogP contribution is -2.42. The van der Waals surface area contributed by atoms with Gasteiger partial charge in [0.15, 0.2) is 0 Å². The first kappa shape index (κ1) is 18.4. The van der Waals surface area contributed by atoms with Gasteiger partial charge < -0.3 is 15.5 Å². The maximum Gasteiger partial charge on any atom is 0.244 e. The van der Waals surface area contributed by atoms with Gasteiger partial charge in [0, 0.05) is 19.4 Å². The van der Waals surface area contributed by atoms with Crippen molar-refractivity contribution in [2.45, 2.75) is 51.4 Å². The van der Waals surface area contributed by atoms with Crippen molar-refractivity contribution in [3.63, 3.8) is 0 Å². The van der Waals surface area contributed by atoms with Crippen LogP contribution in [0.2, 0.25) is 0 Å². The predicted octanol–water partition coefficient (Wildman–Crippen LogP) is 2.84. The molecule has 1 saturated carbocycles. The highest BCUT2D eigenvalue weighted by Crippen LogP contribution is 2.29. The zero-order valence-corrected chi connectivity index (χ0v) is 15.1. The Hall–Kier alpha value is -2.37. The molecule has 0 radical (unpaired) electrons. The molecule has 1 heterocycles. The molecule has 6 nitrogen and oxygen atoms in total. The second-order valence-corrected chi connectivity index (χ2v) is 7.19. The Kier molecular flexibility index (Phi) is 6.26. The van der Waals surface area contributed by atoms with E-state index in [1.807, 2.05) is 12.1 Å². The molecule has 0 bridgehead atoms. The van der Waals surface area contributed by atoms with E-state index in [1.54, 1.807) is 12.1 Å². The summed E-state index contributed by atoms with van der Waals surface area (Å²) in [5, 5.41) is 5.66. The van der Waals surface area contributed by atoms with E-state index < -0.39 is 0 Å². The van der Waals surface area contributed by atoms with Crippen LogP contribution in [-0.2, 0) is 14.4 Å². The number of nitrogens with one attached hydrogen (secondary N) is 2. The summed E-state index contributed by atoms with van der Waals surface area (Å²) in [4.78, 5) is 37.7. The summed E-state index contributed by atoms with van der Waals surface area (Å²) in [7, 11) is 0. The zero-order chi connectivity index (χ0) is 18.4. The van der Waals surface area contributed by atoms with Crippen LogP contribution in [0.25, 0.3) is 0 Å². The van der Waals surface area contributed by atoms with Crippen molar-refractivity contribution in [1.82, 2.24) is 5.32 Å². The first-order valence-electron chi connectivity index (χ1n) is 9.59. The highest BCUT2D eigenvalue weighted by atomic mass is 16.2. The average Bonchev–Trinajstić information content (AvgIpc) is 3.16. The van der Waals surface area contributed by atoms with Crippen molar-refractivity contribution < 1.29 is 14.4 Å². The number of carbonyl (C=O) groups excluding carboxylic acids is 3. The van der Waals surface area contributed by atoms with Crippen LogP contribution in [0.4, 0.5) is 11.4 Å². The van der Waals surface area contributed by atoms with Crippen LogP contribution in [0.15, 0.2) is 24.3 Å². The molecule has 1 fully saturated rings. The number of nitrogens with zero attached hydrogens (tertiary/aromatic N) is 1. The van der Waals surface area contributed by atoms with Crippen molar-refractivity contribution in [3.8, 4) is 0 Å². The smallest absolute Gasteiger partial charge is 0.244 e. The van der Waals surface area contributed by atoms with Gasteiger partial charge in [-0.2, -0.15) is 0 Å². The number of carbonyl (C=O) groups is 3. The molecule has 140 valence electrons. The fourth-order valence-corrected chi connectivity index (χ4v) is 3.82.